The summed E-state index contributed by atoms with van der Waals surface area (Å²) in [7, 11) is 0. The van der Waals surface area contributed by atoms with Crippen molar-refractivity contribution in [2.24, 2.45) is 0 Å². The molecule has 0 N–H and O–H groups in total. The van der Waals surface area contributed by atoms with Gasteiger partial charge in [-0.15, -0.1) is 11.8 Å². The van der Waals surface area contributed by atoms with Gasteiger partial charge in [0.25, 0.3) is 0 Å². The molecule has 0 amide bonds. The summed E-state index contributed by atoms with van der Waals surface area (Å²) in [5.74, 6) is 0. The summed E-state index contributed by atoms with van der Waals surface area (Å²) in [4.78, 5) is 2.46. The Balaban J connectivity index is 1.87. The fourth-order valence-corrected chi connectivity index (χ4v) is 2.96. The van der Waals surface area contributed by atoms with E-state index in [0.29, 0.717) is 0 Å². The Morgan fingerprint density at radius 3 is 2.92 bits per heavy atom. The molecule has 1 fully saturated rings. The van der Waals surface area contributed by atoms with Crippen molar-refractivity contribution in [1.82, 2.24) is 4.90 Å². The number of rotatable bonds is 2. The third-order valence-corrected chi connectivity index (χ3v) is 4.15. The van der Waals surface area contributed by atoms with Crippen molar-refractivity contribution >= 4 is 11.8 Å². The van der Waals surface area contributed by atoms with E-state index in [1.807, 2.05) is 11.8 Å². The summed E-state index contributed by atoms with van der Waals surface area (Å²) in [6, 6.07) is 0. The van der Waals surface area contributed by atoms with E-state index in [1.165, 1.54) is 17.9 Å². The van der Waals surface area contributed by atoms with Crippen LogP contribution in [-0.4, -0.2) is 36.5 Å². The second-order valence-corrected chi connectivity index (χ2v) is 4.85. The lowest BCUT2D eigenvalue weighted by Crippen LogP contribution is -2.34. The first kappa shape index (κ1) is 9.41. The molecule has 2 nitrogen and oxygen atoms in total. The minimum absolute atomic E-state index is 0.831. The van der Waals surface area contributed by atoms with Gasteiger partial charge in [-0.05, 0) is 12.8 Å². The minimum atomic E-state index is 0.831. The fourth-order valence-electron chi connectivity index (χ4n) is 1.74. The normalized spacial score (nSPS) is 29.2. The van der Waals surface area contributed by atoms with Crippen molar-refractivity contribution < 1.29 is 4.74 Å². The number of morpholine rings is 1. The second kappa shape index (κ2) is 4.38. The van der Waals surface area contributed by atoms with Crippen molar-refractivity contribution in [3.63, 3.8) is 0 Å². The minimum Gasteiger partial charge on any atom is -0.378 e. The highest BCUT2D eigenvalue weighted by Crippen LogP contribution is 2.36. The van der Waals surface area contributed by atoms with Crippen LogP contribution in [0.15, 0.2) is 11.1 Å². The maximum Gasteiger partial charge on any atom is 0.0671 e. The quantitative estimate of drug-likeness (QED) is 0.675. The number of hydrogen-bond donors (Lipinski definition) is 0. The fraction of sp³-hybridized carbons (Fsp3) is 0.800. The van der Waals surface area contributed by atoms with Crippen LogP contribution in [0.4, 0.5) is 0 Å². The van der Waals surface area contributed by atoms with Crippen LogP contribution < -0.4 is 0 Å². The van der Waals surface area contributed by atoms with Gasteiger partial charge in [0.05, 0.1) is 18.2 Å². The predicted octanol–water partition coefficient (Wildman–Crippen LogP) is 2.08. The summed E-state index contributed by atoms with van der Waals surface area (Å²) in [5, 5.41) is 2.33. The Bertz CT molecular complexity index is 199. The molecule has 74 valence electrons. The van der Waals surface area contributed by atoms with Gasteiger partial charge >= 0.3 is 0 Å². The molecule has 0 aromatic heterocycles. The number of ether oxygens (including phenoxy) is 1. The van der Waals surface area contributed by atoms with Crippen molar-refractivity contribution in [2.75, 3.05) is 26.3 Å². The van der Waals surface area contributed by atoms with E-state index in [-0.39, 0.29) is 0 Å². The summed E-state index contributed by atoms with van der Waals surface area (Å²) in [6.45, 7) is 6.22. The molecule has 0 radical (unpaired) electrons. The van der Waals surface area contributed by atoms with Crippen molar-refractivity contribution in [2.45, 2.75) is 25.0 Å². The molecule has 0 aliphatic carbocycles. The highest BCUT2D eigenvalue weighted by molar-refractivity contribution is 8.03. The number of thioether (sulfide) groups is 1. The lowest BCUT2D eigenvalue weighted by atomic mass is 10.2. The Kier molecular flexibility index (Phi) is 3.17. The Labute approximate surface area is 84.3 Å². The van der Waals surface area contributed by atoms with Crippen LogP contribution in [0.2, 0.25) is 0 Å². The SMILES string of the molecule is CCC1CC=C(N2CCOCC2)S1. The number of nitrogens with zero attached hydrogens (tertiary/aromatic N) is 1. The van der Waals surface area contributed by atoms with E-state index in [2.05, 4.69) is 17.9 Å². The highest BCUT2D eigenvalue weighted by Gasteiger charge is 2.21. The molecule has 2 aliphatic heterocycles. The molecular weight excluding hydrogens is 182 g/mol. The molecule has 2 rings (SSSR count). The van der Waals surface area contributed by atoms with Crippen LogP contribution in [0, 0.1) is 0 Å². The molecule has 0 saturated carbocycles. The van der Waals surface area contributed by atoms with Crippen LogP contribution >= 0.6 is 11.8 Å². The average molecular weight is 199 g/mol. The van der Waals surface area contributed by atoms with E-state index in [1.54, 1.807) is 0 Å². The molecule has 2 aliphatic rings. The smallest absolute Gasteiger partial charge is 0.0671 e. The average Bonchev–Trinajstić information content (AvgIpc) is 2.67. The first-order chi connectivity index (χ1) is 6.40. The molecule has 13 heavy (non-hydrogen) atoms. The molecule has 2 heterocycles. The van der Waals surface area contributed by atoms with Crippen LogP contribution in [0.5, 0.6) is 0 Å². The zero-order valence-electron chi connectivity index (χ0n) is 8.16. The van der Waals surface area contributed by atoms with Crippen LogP contribution in [-0.2, 0) is 4.74 Å². The summed E-state index contributed by atoms with van der Waals surface area (Å²) < 4.78 is 5.33. The topological polar surface area (TPSA) is 12.5 Å². The summed E-state index contributed by atoms with van der Waals surface area (Å²) in [5.41, 5.74) is 0. The first-order valence-electron chi connectivity index (χ1n) is 5.09. The molecule has 1 saturated heterocycles. The molecular formula is C10H17NOS. The zero-order valence-corrected chi connectivity index (χ0v) is 8.98. The summed E-state index contributed by atoms with van der Waals surface area (Å²) in [6.07, 6.45) is 4.94. The van der Waals surface area contributed by atoms with Crippen molar-refractivity contribution in [3.8, 4) is 0 Å². The van der Waals surface area contributed by atoms with Gasteiger partial charge < -0.3 is 9.64 Å². The Hall–Kier alpha value is -0.150. The lowest BCUT2D eigenvalue weighted by molar-refractivity contribution is 0.0577. The van der Waals surface area contributed by atoms with Crippen LogP contribution in [0.3, 0.4) is 0 Å². The zero-order chi connectivity index (χ0) is 9.10. The van der Waals surface area contributed by atoms with Gasteiger partial charge in [-0.2, -0.15) is 0 Å². The van der Waals surface area contributed by atoms with E-state index < -0.39 is 0 Å². The molecule has 0 aromatic rings. The largest absolute Gasteiger partial charge is 0.378 e. The van der Waals surface area contributed by atoms with Gasteiger partial charge in [-0.3, -0.25) is 0 Å². The van der Waals surface area contributed by atoms with E-state index >= 15 is 0 Å². The highest BCUT2D eigenvalue weighted by atomic mass is 32.2. The lowest BCUT2D eigenvalue weighted by Gasteiger charge is -2.29. The Morgan fingerprint density at radius 2 is 2.31 bits per heavy atom. The molecule has 0 spiro atoms. The third kappa shape index (κ3) is 2.20. The van der Waals surface area contributed by atoms with Gasteiger partial charge in [-0.25, -0.2) is 0 Å². The molecule has 3 heteroatoms. The molecule has 1 unspecified atom stereocenters. The third-order valence-electron chi connectivity index (χ3n) is 2.62. The van der Waals surface area contributed by atoms with Gasteiger partial charge in [-0.1, -0.05) is 13.0 Å². The maximum atomic E-state index is 5.33. The van der Waals surface area contributed by atoms with E-state index in [9.17, 15) is 0 Å². The predicted molar refractivity (Wildman–Crippen MR) is 56.8 cm³/mol. The summed E-state index contributed by atoms with van der Waals surface area (Å²) >= 11 is 2.05. The molecule has 1 atom stereocenters. The van der Waals surface area contributed by atoms with Gasteiger partial charge in [0, 0.05) is 18.3 Å². The first-order valence-corrected chi connectivity index (χ1v) is 5.97. The van der Waals surface area contributed by atoms with Crippen molar-refractivity contribution in [1.29, 1.82) is 0 Å². The van der Waals surface area contributed by atoms with Gasteiger partial charge in [0.2, 0.25) is 0 Å². The maximum absolute atomic E-state index is 5.33. The van der Waals surface area contributed by atoms with Crippen molar-refractivity contribution in [3.05, 3.63) is 11.1 Å². The number of allylic oxidation sites excluding steroid dienone is 1. The van der Waals surface area contributed by atoms with E-state index in [0.717, 1.165) is 31.6 Å². The van der Waals surface area contributed by atoms with Gasteiger partial charge in [0.1, 0.15) is 0 Å². The molecule has 0 bridgehead atoms. The van der Waals surface area contributed by atoms with Crippen LogP contribution in [0.25, 0.3) is 0 Å². The monoisotopic (exact) mass is 199 g/mol. The van der Waals surface area contributed by atoms with Crippen LogP contribution in [0.1, 0.15) is 19.8 Å². The Morgan fingerprint density at radius 1 is 1.54 bits per heavy atom. The van der Waals surface area contributed by atoms with E-state index in [4.69, 9.17) is 4.74 Å². The second-order valence-electron chi connectivity index (χ2n) is 3.53. The standard InChI is InChI=1S/C10H17NOS/c1-2-9-3-4-10(13-9)11-5-7-12-8-6-11/h4,9H,2-3,5-8H2,1H3. The number of hydrogen-bond acceptors (Lipinski definition) is 3. The van der Waals surface area contributed by atoms with Gasteiger partial charge in [0.15, 0.2) is 0 Å². The molecule has 0 aromatic carbocycles.